The first-order chi connectivity index (χ1) is 14.4. The third-order valence-corrected chi connectivity index (χ3v) is 5.86. The van der Waals surface area contributed by atoms with E-state index in [0.29, 0.717) is 0 Å². The van der Waals surface area contributed by atoms with Crippen molar-refractivity contribution in [2.75, 3.05) is 0 Å². The number of pyridine rings is 2. The number of rotatable bonds is 4. The van der Waals surface area contributed by atoms with E-state index in [1.165, 1.54) is 33.4 Å². The van der Waals surface area contributed by atoms with Crippen LogP contribution in [0.25, 0.3) is 22.5 Å². The molecular weight excluding hydrogens is 364 g/mol. The summed E-state index contributed by atoms with van der Waals surface area (Å²) in [4.78, 5) is 9.66. The normalized spacial score (nSPS) is 11.0. The van der Waals surface area contributed by atoms with Crippen molar-refractivity contribution in [3.05, 3.63) is 106 Å². The van der Waals surface area contributed by atoms with E-state index in [-0.39, 0.29) is 0 Å². The fourth-order valence-corrected chi connectivity index (χ4v) is 4.12. The first-order valence-corrected chi connectivity index (χ1v) is 10.5. The summed E-state index contributed by atoms with van der Waals surface area (Å²) in [7, 11) is 0. The Balaban J connectivity index is 1.64. The van der Waals surface area contributed by atoms with Gasteiger partial charge in [0.2, 0.25) is 0 Å². The first kappa shape index (κ1) is 20.0. The Kier molecular flexibility index (Phi) is 5.50. The summed E-state index contributed by atoms with van der Waals surface area (Å²) in [6.07, 6.45) is 0.890. The van der Waals surface area contributed by atoms with Crippen LogP contribution in [-0.2, 0) is 6.42 Å². The van der Waals surface area contributed by atoms with Crippen LogP contribution in [0, 0.1) is 34.6 Å². The average Bonchev–Trinajstić information content (AvgIpc) is 2.74. The topological polar surface area (TPSA) is 25.8 Å². The van der Waals surface area contributed by atoms with Crippen molar-refractivity contribution in [1.29, 1.82) is 0 Å². The van der Waals surface area contributed by atoms with Crippen molar-refractivity contribution >= 4 is 0 Å². The van der Waals surface area contributed by atoms with Gasteiger partial charge in [-0.1, -0.05) is 54.6 Å². The maximum Gasteiger partial charge on any atom is 0.0737 e. The fourth-order valence-electron chi connectivity index (χ4n) is 4.12. The first-order valence-electron chi connectivity index (χ1n) is 10.5. The van der Waals surface area contributed by atoms with E-state index in [2.05, 4.69) is 93.3 Å². The molecule has 2 nitrogen and oxygen atoms in total. The van der Waals surface area contributed by atoms with Gasteiger partial charge in [0.25, 0.3) is 0 Å². The number of hydrogen-bond acceptors (Lipinski definition) is 2. The minimum Gasteiger partial charge on any atom is -0.253 e. The van der Waals surface area contributed by atoms with Gasteiger partial charge in [-0.15, -0.1) is 0 Å². The van der Waals surface area contributed by atoms with Gasteiger partial charge in [-0.2, -0.15) is 0 Å². The van der Waals surface area contributed by atoms with E-state index >= 15 is 0 Å². The number of benzene rings is 2. The largest absolute Gasteiger partial charge is 0.253 e. The van der Waals surface area contributed by atoms with Gasteiger partial charge in [0, 0.05) is 22.5 Å². The molecule has 0 unspecified atom stereocenters. The Morgan fingerprint density at radius 3 is 2.03 bits per heavy atom. The molecule has 0 saturated heterocycles. The van der Waals surface area contributed by atoms with Crippen LogP contribution in [-0.4, -0.2) is 9.97 Å². The van der Waals surface area contributed by atoms with E-state index in [4.69, 9.17) is 4.98 Å². The zero-order valence-corrected chi connectivity index (χ0v) is 18.5. The standard InChI is InChI=1S/C28H28N2/c1-18-15-19(2)29-27(16-18)24-13-11-23(12-14-24)17-26-20(3)21(4)28(30-22(26)5)25-9-7-6-8-10-25/h6-16H,17H2,1-5H3. The average molecular weight is 393 g/mol. The van der Waals surface area contributed by atoms with Crippen LogP contribution >= 0.6 is 0 Å². The minimum absolute atomic E-state index is 0.890. The maximum absolute atomic E-state index is 4.97. The second-order valence-electron chi connectivity index (χ2n) is 8.19. The predicted octanol–water partition coefficient (Wildman–Crippen LogP) is 6.94. The van der Waals surface area contributed by atoms with E-state index in [1.54, 1.807) is 0 Å². The molecule has 2 heteroatoms. The van der Waals surface area contributed by atoms with Crippen LogP contribution in [0.2, 0.25) is 0 Å². The molecule has 2 heterocycles. The molecule has 0 saturated carbocycles. The molecule has 4 rings (SSSR count). The van der Waals surface area contributed by atoms with Crippen LogP contribution in [0.3, 0.4) is 0 Å². The number of hydrogen-bond donors (Lipinski definition) is 0. The van der Waals surface area contributed by atoms with Crippen LogP contribution in [0.1, 0.15) is 39.2 Å². The van der Waals surface area contributed by atoms with Crippen molar-refractivity contribution in [2.24, 2.45) is 0 Å². The van der Waals surface area contributed by atoms with Gasteiger partial charge in [0.05, 0.1) is 11.4 Å². The molecule has 4 aromatic rings. The highest BCUT2D eigenvalue weighted by molar-refractivity contribution is 5.66. The lowest BCUT2D eigenvalue weighted by Crippen LogP contribution is -2.04. The summed E-state index contributed by atoms with van der Waals surface area (Å²) in [5.74, 6) is 0. The number of aryl methyl sites for hydroxylation is 3. The van der Waals surface area contributed by atoms with Crippen molar-refractivity contribution in [2.45, 2.75) is 41.0 Å². The second-order valence-corrected chi connectivity index (χ2v) is 8.19. The summed E-state index contributed by atoms with van der Waals surface area (Å²) in [6, 6.07) is 23.5. The van der Waals surface area contributed by atoms with E-state index in [1.807, 2.05) is 13.0 Å². The summed E-state index contributed by atoms with van der Waals surface area (Å²) < 4.78 is 0. The molecule has 0 aliphatic rings. The summed E-state index contributed by atoms with van der Waals surface area (Å²) in [5, 5.41) is 0. The van der Waals surface area contributed by atoms with Crippen LogP contribution in [0.15, 0.2) is 66.7 Å². The SMILES string of the molecule is Cc1cc(C)nc(-c2ccc(Cc3c(C)nc(-c4ccccc4)c(C)c3C)cc2)c1. The van der Waals surface area contributed by atoms with Gasteiger partial charge in [0.15, 0.2) is 0 Å². The van der Waals surface area contributed by atoms with Gasteiger partial charge < -0.3 is 0 Å². The number of aromatic nitrogens is 2. The third kappa shape index (κ3) is 4.04. The third-order valence-electron chi connectivity index (χ3n) is 5.86. The lowest BCUT2D eigenvalue weighted by Gasteiger charge is -2.16. The molecule has 2 aromatic heterocycles. The molecule has 0 N–H and O–H groups in total. The van der Waals surface area contributed by atoms with Gasteiger partial charge >= 0.3 is 0 Å². The van der Waals surface area contributed by atoms with E-state index in [0.717, 1.165) is 34.8 Å². The van der Waals surface area contributed by atoms with Crippen LogP contribution in [0.5, 0.6) is 0 Å². The monoisotopic (exact) mass is 392 g/mol. The van der Waals surface area contributed by atoms with Crippen LogP contribution < -0.4 is 0 Å². The highest BCUT2D eigenvalue weighted by Gasteiger charge is 2.14. The van der Waals surface area contributed by atoms with Gasteiger partial charge in [-0.25, -0.2) is 0 Å². The Morgan fingerprint density at radius 1 is 0.667 bits per heavy atom. The van der Waals surface area contributed by atoms with Crippen molar-refractivity contribution in [3.8, 4) is 22.5 Å². The number of nitrogens with zero attached hydrogens (tertiary/aromatic N) is 2. The quantitative estimate of drug-likeness (QED) is 0.376. The molecule has 0 radical (unpaired) electrons. The van der Waals surface area contributed by atoms with Crippen molar-refractivity contribution in [3.63, 3.8) is 0 Å². The van der Waals surface area contributed by atoms with Gasteiger partial charge in [-0.05, 0) is 81.0 Å². The van der Waals surface area contributed by atoms with Crippen molar-refractivity contribution < 1.29 is 0 Å². The molecule has 0 amide bonds. The molecular formula is C28H28N2. The Hall–Kier alpha value is -3.26. The molecule has 2 aromatic carbocycles. The molecule has 0 fully saturated rings. The maximum atomic E-state index is 4.97. The Bertz CT molecular complexity index is 1170. The Morgan fingerprint density at radius 2 is 1.37 bits per heavy atom. The molecule has 0 bridgehead atoms. The zero-order valence-electron chi connectivity index (χ0n) is 18.5. The molecule has 0 atom stereocenters. The van der Waals surface area contributed by atoms with Gasteiger partial charge in [-0.3, -0.25) is 9.97 Å². The predicted molar refractivity (Wildman–Crippen MR) is 126 cm³/mol. The lowest BCUT2D eigenvalue weighted by molar-refractivity contribution is 1.03. The zero-order chi connectivity index (χ0) is 21.3. The smallest absolute Gasteiger partial charge is 0.0737 e. The summed E-state index contributed by atoms with van der Waals surface area (Å²) >= 11 is 0. The molecule has 30 heavy (non-hydrogen) atoms. The summed E-state index contributed by atoms with van der Waals surface area (Å²) in [5.41, 5.74) is 13.1. The Labute approximate surface area is 179 Å². The van der Waals surface area contributed by atoms with Crippen LogP contribution in [0.4, 0.5) is 0 Å². The lowest BCUT2D eigenvalue weighted by atomic mass is 9.93. The van der Waals surface area contributed by atoms with Gasteiger partial charge in [0.1, 0.15) is 0 Å². The van der Waals surface area contributed by atoms with E-state index in [9.17, 15) is 0 Å². The highest BCUT2D eigenvalue weighted by atomic mass is 14.7. The minimum atomic E-state index is 0.890. The molecule has 0 aliphatic carbocycles. The molecule has 150 valence electrons. The fraction of sp³-hybridized carbons (Fsp3) is 0.214. The molecule has 0 spiro atoms. The second kappa shape index (κ2) is 8.23. The van der Waals surface area contributed by atoms with Crippen molar-refractivity contribution in [1.82, 2.24) is 9.97 Å². The molecule has 0 aliphatic heterocycles. The highest BCUT2D eigenvalue weighted by Crippen LogP contribution is 2.29. The van der Waals surface area contributed by atoms with E-state index < -0.39 is 0 Å². The summed E-state index contributed by atoms with van der Waals surface area (Å²) in [6.45, 7) is 10.7.